The molecule has 1 heteroatoms. The number of hydrogen-bond acceptors (Lipinski definition) is 1. The third-order valence-electron chi connectivity index (χ3n) is 4.46. The monoisotopic (exact) mass is 225 g/mol. The van der Waals surface area contributed by atoms with E-state index in [2.05, 4.69) is 33.1 Å². The lowest BCUT2D eigenvalue weighted by atomic mass is 9.69. The molecule has 0 aromatic heterocycles. The van der Waals surface area contributed by atoms with Gasteiger partial charge in [-0.1, -0.05) is 52.9 Å². The second kappa shape index (κ2) is 6.64. The van der Waals surface area contributed by atoms with E-state index in [0.717, 1.165) is 12.0 Å². The second-order valence-electron chi connectivity index (χ2n) is 6.38. The first-order chi connectivity index (χ1) is 7.58. The largest absolute Gasteiger partial charge is 0.316 e. The number of nitrogens with one attached hydrogen (secondary N) is 1. The Hall–Kier alpha value is -0.0400. The molecule has 1 fully saturated rings. The zero-order valence-corrected chi connectivity index (χ0v) is 11.8. The van der Waals surface area contributed by atoms with E-state index in [0.29, 0.717) is 5.41 Å². The highest BCUT2D eigenvalue weighted by Gasteiger charge is 2.33. The van der Waals surface area contributed by atoms with Gasteiger partial charge in [0.2, 0.25) is 0 Å². The summed E-state index contributed by atoms with van der Waals surface area (Å²) in [5.74, 6) is 0.858. The Bertz CT molecular complexity index is 180. The second-order valence-corrected chi connectivity index (χ2v) is 6.38. The molecule has 0 saturated heterocycles. The summed E-state index contributed by atoms with van der Waals surface area (Å²) in [4.78, 5) is 0. The Morgan fingerprint density at radius 3 is 2.19 bits per heavy atom. The van der Waals surface area contributed by atoms with Crippen LogP contribution in [0.15, 0.2) is 0 Å². The summed E-state index contributed by atoms with van der Waals surface area (Å²) >= 11 is 0. The first-order valence-electron chi connectivity index (χ1n) is 7.26. The summed E-state index contributed by atoms with van der Waals surface area (Å²) in [5, 5.41) is 3.59. The number of rotatable bonds is 6. The van der Waals surface area contributed by atoms with Crippen molar-refractivity contribution in [3.8, 4) is 0 Å². The molecular formula is C15H31N. The van der Waals surface area contributed by atoms with Crippen LogP contribution in [0.2, 0.25) is 0 Å². The zero-order valence-electron chi connectivity index (χ0n) is 11.8. The molecule has 0 aromatic rings. The molecule has 0 amide bonds. The van der Waals surface area contributed by atoms with Crippen molar-refractivity contribution in [3.05, 3.63) is 0 Å². The van der Waals surface area contributed by atoms with Gasteiger partial charge in [0.25, 0.3) is 0 Å². The lowest BCUT2D eigenvalue weighted by molar-refractivity contribution is 0.140. The highest BCUT2D eigenvalue weighted by Crippen LogP contribution is 2.40. The molecule has 0 aromatic carbocycles. The minimum absolute atomic E-state index is 0.573. The van der Waals surface area contributed by atoms with E-state index < -0.39 is 0 Å². The van der Waals surface area contributed by atoms with E-state index in [1.165, 1.54) is 51.4 Å². The van der Waals surface area contributed by atoms with Gasteiger partial charge in [0.05, 0.1) is 0 Å². The summed E-state index contributed by atoms with van der Waals surface area (Å²) < 4.78 is 0. The van der Waals surface area contributed by atoms with Crippen LogP contribution >= 0.6 is 0 Å². The first kappa shape index (κ1) is 14.0. The number of hydrogen-bond donors (Lipinski definition) is 1. The predicted octanol–water partition coefficient (Wildman–Crippen LogP) is 4.37. The fourth-order valence-corrected chi connectivity index (χ4v) is 3.28. The average Bonchev–Trinajstić information content (AvgIpc) is 2.25. The molecule has 0 aliphatic heterocycles. The Balaban J connectivity index is 2.39. The molecule has 1 unspecified atom stereocenters. The molecule has 1 aliphatic carbocycles. The molecule has 1 saturated carbocycles. The Labute approximate surface area is 102 Å². The van der Waals surface area contributed by atoms with Gasteiger partial charge in [-0.2, -0.15) is 0 Å². The third-order valence-corrected chi connectivity index (χ3v) is 4.46. The van der Waals surface area contributed by atoms with Crippen LogP contribution in [0.3, 0.4) is 0 Å². The summed E-state index contributed by atoms with van der Waals surface area (Å²) in [6, 6.07) is 0.742. The molecule has 0 radical (unpaired) electrons. The topological polar surface area (TPSA) is 12.0 Å². The third kappa shape index (κ3) is 4.08. The van der Waals surface area contributed by atoms with Gasteiger partial charge in [-0.05, 0) is 37.6 Å². The van der Waals surface area contributed by atoms with E-state index in [9.17, 15) is 0 Å². The van der Waals surface area contributed by atoms with Crippen LogP contribution in [0, 0.1) is 11.3 Å². The van der Waals surface area contributed by atoms with Crippen molar-refractivity contribution in [2.24, 2.45) is 11.3 Å². The maximum Gasteiger partial charge on any atom is 0.0118 e. The van der Waals surface area contributed by atoms with Crippen molar-refractivity contribution in [3.63, 3.8) is 0 Å². The fraction of sp³-hybridized carbons (Fsp3) is 1.00. The van der Waals surface area contributed by atoms with E-state index in [-0.39, 0.29) is 0 Å². The van der Waals surface area contributed by atoms with Crippen LogP contribution in [0.25, 0.3) is 0 Å². The van der Waals surface area contributed by atoms with Crippen molar-refractivity contribution in [1.82, 2.24) is 5.32 Å². The van der Waals surface area contributed by atoms with Crippen LogP contribution in [-0.4, -0.2) is 13.1 Å². The van der Waals surface area contributed by atoms with Crippen LogP contribution in [0.1, 0.15) is 72.1 Å². The molecule has 16 heavy (non-hydrogen) atoms. The quantitative estimate of drug-likeness (QED) is 0.708. The maximum absolute atomic E-state index is 3.59. The molecular weight excluding hydrogens is 194 g/mol. The smallest absolute Gasteiger partial charge is 0.0118 e. The van der Waals surface area contributed by atoms with Gasteiger partial charge < -0.3 is 5.32 Å². The van der Waals surface area contributed by atoms with Crippen LogP contribution in [0.5, 0.6) is 0 Å². The van der Waals surface area contributed by atoms with Crippen LogP contribution < -0.4 is 5.32 Å². The highest BCUT2D eigenvalue weighted by molar-refractivity contribution is 4.89. The average molecular weight is 225 g/mol. The summed E-state index contributed by atoms with van der Waals surface area (Å²) in [5.41, 5.74) is 0.573. The molecule has 0 bridgehead atoms. The van der Waals surface area contributed by atoms with Gasteiger partial charge in [0.15, 0.2) is 0 Å². The SMILES string of the molecule is CNC(CCCC(C)C)C1(C)CCCCC1. The molecule has 1 rings (SSSR count). The molecule has 96 valence electrons. The molecule has 1 N–H and O–H groups in total. The lowest BCUT2D eigenvalue weighted by Crippen LogP contribution is -2.43. The standard InChI is InChI=1S/C15H31N/c1-13(2)9-8-10-14(16-4)15(3)11-6-5-7-12-15/h13-14,16H,5-12H2,1-4H3. The van der Waals surface area contributed by atoms with Crippen molar-refractivity contribution >= 4 is 0 Å². The first-order valence-corrected chi connectivity index (χ1v) is 7.26. The van der Waals surface area contributed by atoms with Crippen LogP contribution in [0.4, 0.5) is 0 Å². The van der Waals surface area contributed by atoms with Crippen molar-refractivity contribution in [2.75, 3.05) is 7.05 Å². The van der Waals surface area contributed by atoms with E-state index in [1.807, 2.05) is 0 Å². The molecule has 1 nitrogen and oxygen atoms in total. The zero-order chi connectivity index (χ0) is 12.0. The molecule has 0 spiro atoms. The van der Waals surface area contributed by atoms with Crippen molar-refractivity contribution in [1.29, 1.82) is 0 Å². The van der Waals surface area contributed by atoms with Gasteiger partial charge in [0, 0.05) is 6.04 Å². The molecule has 0 heterocycles. The van der Waals surface area contributed by atoms with Gasteiger partial charge in [0.1, 0.15) is 0 Å². The minimum Gasteiger partial charge on any atom is -0.316 e. The van der Waals surface area contributed by atoms with Crippen molar-refractivity contribution in [2.45, 2.75) is 78.2 Å². The normalized spacial score (nSPS) is 22.3. The minimum atomic E-state index is 0.573. The summed E-state index contributed by atoms with van der Waals surface area (Å²) in [6.07, 6.45) is 11.3. The molecule has 1 aliphatic rings. The van der Waals surface area contributed by atoms with E-state index in [1.54, 1.807) is 0 Å². The lowest BCUT2D eigenvalue weighted by Gasteiger charge is -2.41. The predicted molar refractivity (Wildman–Crippen MR) is 72.7 cm³/mol. The van der Waals surface area contributed by atoms with E-state index in [4.69, 9.17) is 0 Å². The Morgan fingerprint density at radius 1 is 1.06 bits per heavy atom. The summed E-state index contributed by atoms with van der Waals surface area (Å²) in [6.45, 7) is 7.16. The van der Waals surface area contributed by atoms with Gasteiger partial charge in [-0.3, -0.25) is 0 Å². The Kier molecular flexibility index (Phi) is 5.82. The summed E-state index contributed by atoms with van der Waals surface area (Å²) in [7, 11) is 2.15. The van der Waals surface area contributed by atoms with E-state index >= 15 is 0 Å². The van der Waals surface area contributed by atoms with Crippen molar-refractivity contribution < 1.29 is 0 Å². The molecule has 1 atom stereocenters. The van der Waals surface area contributed by atoms with Crippen LogP contribution in [-0.2, 0) is 0 Å². The Morgan fingerprint density at radius 2 is 1.69 bits per heavy atom. The fourth-order valence-electron chi connectivity index (χ4n) is 3.28. The van der Waals surface area contributed by atoms with Gasteiger partial charge in [-0.15, -0.1) is 0 Å². The maximum atomic E-state index is 3.59. The van der Waals surface area contributed by atoms with Gasteiger partial charge >= 0.3 is 0 Å². The van der Waals surface area contributed by atoms with Gasteiger partial charge in [-0.25, -0.2) is 0 Å². The highest BCUT2D eigenvalue weighted by atomic mass is 14.9.